The number of fused-ring (bicyclic) bond motifs is 2. The first-order chi connectivity index (χ1) is 14.5. The van der Waals surface area contributed by atoms with Crippen LogP contribution in [0.3, 0.4) is 0 Å². The zero-order valence-corrected chi connectivity index (χ0v) is 17.3. The van der Waals surface area contributed by atoms with Gasteiger partial charge in [0.1, 0.15) is 0 Å². The second kappa shape index (κ2) is 8.62. The van der Waals surface area contributed by atoms with E-state index in [0.29, 0.717) is 16.4 Å². The standard InChI is InChI=1S/C22H21N3O4S/c1-13-8-9-17-15(11-13)20(14-5-2-3-6-16(14)23-17)22(28)29-12-19(26)24-25-21(27)18-7-4-10-30-18/h2-7,10,13H,8-9,11-12H2,1H3,(H,24,26)(H,25,27)/t13-/m0/s1. The fraction of sp³-hybridized carbons (Fsp3) is 0.273. The molecule has 30 heavy (non-hydrogen) atoms. The van der Waals surface area contributed by atoms with Gasteiger partial charge in [-0.3, -0.25) is 25.4 Å². The summed E-state index contributed by atoms with van der Waals surface area (Å²) in [4.78, 5) is 42.1. The maximum Gasteiger partial charge on any atom is 0.339 e. The van der Waals surface area contributed by atoms with Gasteiger partial charge in [0.05, 0.1) is 16.0 Å². The lowest BCUT2D eigenvalue weighted by atomic mass is 9.84. The summed E-state index contributed by atoms with van der Waals surface area (Å²) in [6.45, 7) is 1.65. The number of nitrogens with zero attached hydrogens (tertiary/aromatic N) is 1. The molecule has 154 valence electrons. The van der Waals surface area contributed by atoms with Gasteiger partial charge in [-0.1, -0.05) is 31.2 Å². The molecule has 0 saturated carbocycles. The molecule has 1 aliphatic rings. The lowest BCUT2D eigenvalue weighted by molar-refractivity contribution is -0.125. The normalized spacial score (nSPS) is 15.3. The number of benzene rings is 1. The highest BCUT2D eigenvalue weighted by Crippen LogP contribution is 2.31. The Labute approximate surface area is 177 Å². The molecule has 2 N–H and O–H groups in total. The summed E-state index contributed by atoms with van der Waals surface area (Å²) < 4.78 is 5.29. The van der Waals surface area contributed by atoms with E-state index in [1.807, 2.05) is 24.3 Å². The zero-order chi connectivity index (χ0) is 21.1. The Balaban J connectivity index is 1.47. The van der Waals surface area contributed by atoms with Gasteiger partial charge in [0.15, 0.2) is 6.61 Å². The number of hydrogen-bond donors (Lipinski definition) is 2. The summed E-state index contributed by atoms with van der Waals surface area (Å²) in [5.74, 6) is -1.15. The summed E-state index contributed by atoms with van der Waals surface area (Å²) in [6.07, 6.45) is 2.59. The van der Waals surface area contributed by atoms with Crippen molar-refractivity contribution in [2.75, 3.05) is 6.61 Å². The highest BCUT2D eigenvalue weighted by atomic mass is 32.1. The van der Waals surface area contributed by atoms with Crippen molar-refractivity contribution in [2.24, 2.45) is 5.92 Å². The molecule has 2 aromatic heterocycles. The summed E-state index contributed by atoms with van der Waals surface area (Å²) in [6, 6.07) is 10.8. The molecule has 4 rings (SSSR count). The van der Waals surface area contributed by atoms with Crippen molar-refractivity contribution >= 4 is 40.0 Å². The number of thiophene rings is 1. The van der Waals surface area contributed by atoms with Crippen LogP contribution in [0.1, 0.15) is 44.6 Å². The average Bonchev–Trinajstić information content (AvgIpc) is 3.29. The molecule has 8 heteroatoms. The van der Waals surface area contributed by atoms with Crippen LogP contribution in [0.15, 0.2) is 41.8 Å². The second-order valence-electron chi connectivity index (χ2n) is 7.33. The van der Waals surface area contributed by atoms with E-state index in [2.05, 4.69) is 17.8 Å². The molecule has 2 amide bonds. The minimum Gasteiger partial charge on any atom is -0.452 e. The van der Waals surface area contributed by atoms with Crippen molar-refractivity contribution < 1.29 is 19.1 Å². The van der Waals surface area contributed by atoms with Crippen molar-refractivity contribution in [1.29, 1.82) is 0 Å². The molecule has 0 saturated heterocycles. The number of aryl methyl sites for hydroxylation is 1. The van der Waals surface area contributed by atoms with Crippen LogP contribution in [0.2, 0.25) is 0 Å². The van der Waals surface area contributed by atoms with E-state index in [1.165, 1.54) is 11.3 Å². The summed E-state index contributed by atoms with van der Waals surface area (Å²) in [7, 11) is 0. The van der Waals surface area contributed by atoms with Crippen LogP contribution in [0.4, 0.5) is 0 Å². The largest absolute Gasteiger partial charge is 0.452 e. The van der Waals surface area contributed by atoms with E-state index in [0.717, 1.165) is 41.4 Å². The Morgan fingerprint density at radius 2 is 2.00 bits per heavy atom. The molecule has 0 unspecified atom stereocenters. The molecule has 0 aliphatic heterocycles. The number of ether oxygens (including phenoxy) is 1. The Morgan fingerprint density at radius 3 is 2.80 bits per heavy atom. The fourth-order valence-electron chi connectivity index (χ4n) is 3.63. The quantitative estimate of drug-likeness (QED) is 0.497. The lowest BCUT2D eigenvalue weighted by Crippen LogP contribution is -2.43. The number of esters is 1. The van der Waals surface area contributed by atoms with Crippen LogP contribution in [0.5, 0.6) is 0 Å². The van der Waals surface area contributed by atoms with Gasteiger partial charge < -0.3 is 4.74 Å². The number of hydrazine groups is 1. The van der Waals surface area contributed by atoms with Gasteiger partial charge in [0.2, 0.25) is 0 Å². The third-order valence-electron chi connectivity index (χ3n) is 5.10. The van der Waals surface area contributed by atoms with Crippen LogP contribution in [0, 0.1) is 5.92 Å². The SMILES string of the molecule is C[C@H]1CCc2nc3ccccc3c(C(=O)OCC(=O)NNC(=O)c3cccs3)c2C1. The third kappa shape index (κ3) is 4.18. The molecule has 0 bridgehead atoms. The van der Waals surface area contributed by atoms with Crippen LogP contribution >= 0.6 is 11.3 Å². The number of rotatable bonds is 4. The van der Waals surface area contributed by atoms with Crippen LogP contribution in [-0.4, -0.2) is 29.4 Å². The predicted octanol–water partition coefficient (Wildman–Crippen LogP) is 3.04. The van der Waals surface area contributed by atoms with Crippen molar-refractivity contribution in [3.63, 3.8) is 0 Å². The van der Waals surface area contributed by atoms with Crippen molar-refractivity contribution in [3.05, 3.63) is 63.5 Å². The van der Waals surface area contributed by atoms with E-state index < -0.39 is 24.4 Å². The van der Waals surface area contributed by atoms with Crippen LogP contribution in [-0.2, 0) is 22.4 Å². The van der Waals surface area contributed by atoms with E-state index in [4.69, 9.17) is 9.72 Å². The van der Waals surface area contributed by atoms with Gasteiger partial charge in [-0.25, -0.2) is 4.79 Å². The highest BCUT2D eigenvalue weighted by molar-refractivity contribution is 7.12. The van der Waals surface area contributed by atoms with Crippen molar-refractivity contribution in [2.45, 2.75) is 26.2 Å². The van der Waals surface area contributed by atoms with Gasteiger partial charge in [0.25, 0.3) is 11.8 Å². The lowest BCUT2D eigenvalue weighted by Gasteiger charge is -2.24. The molecule has 1 aliphatic carbocycles. The zero-order valence-electron chi connectivity index (χ0n) is 16.4. The minimum atomic E-state index is -0.617. The molecule has 0 fully saturated rings. The number of carbonyl (C=O) groups excluding carboxylic acids is 3. The predicted molar refractivity (Wildman–Crippen MR) is 113 cm³/mol. The molecule has 0 radical (unpaired) electrons. The van der Waals surface area contributed by atoms with E-state index in [1.54, 1.807) is 17.5 Å². The molecule has 7 nitrogen and oxygen atoms in total. The molecule has 1 aromatic carbocycles. The first-order valence-electron chi connectivity index (χ1n) is 9.73. The monoisotopic (exact) mass is 423 g/mol. The Kier molecular flexibility index (Phi) is 5.76. The summed E-state index contributed by atoms with van der Waals surface area (Å²) in [5, 5.41) is 2.49. The second-order valence-corrected chi connectivity index (χ2v) is 8.28. The highest BCUT2D eigenvalue weighted by Gasteiger charge is 2.26. The third-order valence-corrected chi connectivity index (χ3v) is 5.97. The average molecular weight is 423 g/mol. The van der Waals surface area contributed by atoms with E-state index >= 15 is 0 Å². The molecule has 2 heterocycles. The fourth-order valence-corrected chi connectivity index (χ4v) is 4.25. The van der Waals surface area contributed by atoms with Gasteiger partial charge >= 0.3 is 5.97 Å². The van der Waals surface area contributed by atoms with Gasteiger partial charge in [-0.05, 0) is 48.3 Å². The molecular weight excluding hydrogens is 402 g/mol. The number of aromatic nitrogens is 1. The number of nitrogens with one attached hydrogen (secondary N) is 2. The molecule has 3 aromatic rings. The Morgan fingerprint density at radius 1 is 1.17 bits per heavy atom. The van der Waals surface area contributed by atoms with Crippen molar-refractivity contribution in [1.82, 2.24) is 15.8 Å². The summed E-state index contributed by atoms with van der Waals surface area (Å²) in [5.41, 5.74) is 7.62. The summed E-state index contributed by atoms with van der Waals surface area (Å²) >= 11 is 1.26. The topological polar surface area (TPSA) is 97.4 Å². The van der Waals surface area contributed by atoms with E-state index in [-0.39, 0.29) is 0 Å². The van der Waals surface area contributed by atoms with Crippen LogP contribution in [0.25, 0.3) is 10.9 Å². The smallest absolute Gasteiger partial charge is 0.339 e. The van der Waals surface area contributed by atoms with Gasteiger partial charge in [-0.15, -0.1) is 11.3 Å². The maximum absolute atomic E-state index is 13.0. The van der Waals surface area contributed by atoms with Gasteiger partial charge in [0, 0.05) is 11.1 Å². The van der Waals surface area contributed by atoms with E-state index in [9.17, 15) is 14.4 Å². The van der Waals surface area contributed by atoms with Crippen molar-refractivity contribution in [3.8, 4) is 0 Å². The number of pyridine rings is 1. The first kappa shape index (κ1) is 20.0. The number of amides is 2. The number of para-hydroxylation sites is 1. The first-order valence-corrected chi connectivity index (χ1v) is 10.6. The Hall–Kier alpha value is -3.26. The molecular formula is C22H21N3O4S. The Bertz CT molecular complexity index is 1110. The van der Waals surface area contributed by atoms with Gasteiger partial charge in [-0.2, -0.15) is 0 Å². The number of carbonyl (C=O) groups is 3. The number of hydrogen-bond acceptors (Lipinski definition) is 6. The maximum atomic E-state index is 13.0. The molecule has 1 atom stereocenters. The minimum absolute atomic E-state index is 0.423. The van der Waals surface area contributed by atoms with Crippen LogP contribution < -0.4 is 10.9 Å². The molecule has 0 spiro atoms.